The molecular weight excluding hydrogens is 192 g/mol. The molecule has 0 nitrogen and oxygen atoms in total. The topological polar surface area (TPSA) is 0 Å². The Balaban J connectivity index is 2.82. The van der Waals surface area contributed by atoms with Gasteiger partial charge in [0, 0.05) is 0 Å². The molecule has 1 rings (SSSR count). The van der Waals surface area contributed by atoms with Gasteiger partial charge in [-0.1, -0.05) is 48.8 Å². The number of rotatable bonds is 3. The fourth-order valence-electron chi connectivity index (χ4n) is 2.72. The van der Waals surface area contributed by atoms with Gasteiger partial charge in [-0.2, -0.15) is 0 Å². The molecular formula is C16H26. The summed E-state index contributed by atoms with van der Waals surface area (Å²) in [6.07, 6.45) is 11.8. The van der Waals surface area contributed by atoms with Crippen LogP contribution >= 0.6 is 0 Å². The van der Waals surface area contributed by atoms with Gasteiger partial charge in [0.25, 0.3) is 0 Å². The van der Waals surface area contributed by atoms with Gasteiger partial charge in [-0.25, -0.2) is 0 Å². The van der Waals surface area contributed by atoms with Crippen LogP contribution in [0.25, 0.3) is 0 Å². The van der Waals surface area contributed by atoms with E-state index in [0.29, 0.717) is 5.41 Å². The highest BCUT2D eigenvalue weighted by molar-refractivity contribution is 5.27. The first-order valence-electron chi connectivity index (χ1n) is 6.46. The Labute approximate surface area is 101 Å². The van der Waals surface area contributed by atoms with Gasteiger partial charge in [-0.15, -0.1) is 0 Å². The highest BCUT2D eigenvalue weighted by Crippen LogP contribution is 2.41. The van der Waals surface area contributed by atoms with Gasteiger partial charge in [0.15, 0.2) is 0 Å². The van der Waals surface area contributed by atoms with Crippen molar-refractivity contribution in [2.24, 2.45) is 5.41 Å². The summed E-state index contributed by atoms with van der Waals surface area (Å²) in [5.41, 5.74) is 5.09. The molecule has 16 heavy (non-hydrogen) atoms. The molecule has 0 saturated heterocycles. The van der Waals surface area contributed by atoms with E-state index in [0.717, 1.165) is 6.42 Å². The molecule has 0 heteroatoms. The summed E-state index contributed by atoms with van der Waals surface area (Å²) in [5.74, 6) is 0. The molecule has 0 aromatic heterocycles. The summed E-state index contributed by atoms with van der Waals surface area (Å²) in [7, 11) is 0. The Bertz CT molecular complexity index is 324. The van der Waals surface area contributed by atoms with Gasteiger partial charge >= 0.3 is 0 Å². The third kappa shape index (κ3) is 3.37. The lowest BCUT2D eigenvalue weighted by Gasteiger charge is -2.34. The van der Waals surface area contributed by atoms with E-state index in [2.05, 4.69) is 52.8 Å². The van der Waals surface area contributed by atoms with Crippen LogP contribution in [0.1, 0.15) is 60.3 Å². The lowest BCUT2D eigenvalue weighted by Crippen LogP contribution is -2.20. The quantitative estimate of drug-likeness (QED) is 0.438. The highest BCUT2D eigenvalue weighted by Gasteiger charge is 2.27. The predicted octanol–water partition coefficient (Wildman–Crippen LogP) is 5.43. The largest absolute Gasteiger partial charge is 0.0874 e. The first kappa shape index (κ1) is 13.3. The maximum atomic E-state index is 2.39. The van der Waals surface area contributed by atoms with Crippen molar-refractivity contribution in [3.05, 3.63) is 34.9 Å². The van der Waals surface area contributed by atoms with Crippen LogP contribution in [0.2, 0.25) is 0 Å². The molecule has 0 aliphatic heterocycles. The number of hydrogen-bond acceptors (Lipinski definition) is 0. The molecule has 0 spiro atoms. The summed E-state index contributed by atoms with van der Waals surface area (Å²) < 4.78 is 0. The van der Waals surface area contributed by atoms with E-state index in [1.54, 1.807) is 11.1 Å². The van der Waals surface area contributed by atoms with Crippen molar-refractivity contribution in [2.45, 2.75) is 60.3 Å². The molecule has 90 valence electrons. The molecule has 0 fully saturated rings. The SMILES string of the molecule is CC=CC(C)=CCC1=C(C)CCCC1(C)C. The third-order valence-corrected chi connectivity index (χ3v) is 3.74. The Kier molecular flexibility index (Phi) is 4.58. The Morgan fingerprint density at radius 1 is 1.38 bits per heavy atom. The highest BCUT2D eigenvalue weighted by atomic mass is 14.3. The molecule has 0 atom stereocenters. The molecule has 0 heterocycles. The average molecular weight is 218 g/mol. The summed E-state index contributed by atoms with van der Waals surface area (Å²) in [4.78, 5) is 0. The number of allylic oxidation sites excluding steroid dienone is 6. The zero-order chi connectivity index (χ0) is 12.2. The van der Waals surface area contributed by atoms with Crippen LogP contribution in [0.3, 0.4) is 0 Å². The van der Waals surface area contributed by atoms with Gasteiger partial charge in [-0.3, -0.25) is 0 Å². The first-order chi connectivity index (χ1) is 7.47. The van der Waals surface area contributed by atoms with Crippen molar-refractivity contribution in [3.8, 4) is 0 Å². The summed E-state index contributed by atoms with van der Waals surface area (Å²) in [5, 5.41) is 0. The molecule has 1 aliphatic carbocycles. The van der Waals surface area contributed by atoms with Crippen LogP contribution in [0, 0.1) is 5.41 Å². The van der Waals surface area contributed by atoms with Crippen molar-refractivity contribution in [1.82, 2.24) is 0 Å². The monoisotopic (exact) mass is 218 g/mol. The minimum absolute atomic E-state index is 0.412. The molecule has 0 N–H and O–H groups in total. The van der Waals surface area contributed by atoms with Crippen LogP contribution < -0.4 is 0 Å². The van der Waals surface area contributed by atoms with E-state index in [-0.39, 0.29) is 0 Å². The van der Waals surface area contributed by atoms with E-state index in [1.807, 2.05) is 0 Å². The molecule has 0 amide bonds. The lowest BCUT2D eigenvalue weighted by atomic mass is 9.71. The summed E-state index contributed by atoms with van der Waals surface area (Å²) in [6.45, 7) is 11.4. The lowest BCUT2D eigenvalue weighted by molar-refractivity contribution is 0.360. The molecule has 0 radical (unpaired) electrons. The van der Waals surface area contributed by atoms with Crippen molar-refractivity contribution >= 4 is 0 Å². The second-order valence-electron chi connectivity index (χ2n) is 5.65. The Morgan fingerprint density at radius 2 is 2.06 bits per heavy atom. The normalized spacial score (nSPS) is 21.9. The van der Waals surface area contributed by atoms with Crippen molar-refractivity contribution < 1.29 is 0 Å². The Hall–Kier alpha value is -0.780. The molecule has 0 aromatic carbocycles. The van der Waals surface area contributed by atoms with E-state index < -0.39 is 0 Å². The van der Waals surface area contributed by atoms with Crippen LogP contribution in [-0.2, 0) is 0 Å². The average Bonchev–Trinajstić information content (AvgIpc) is 2.16. The van der Waals surface area contributed by atoms with Crippen LogP contribution in [-0.4, -0.2) is 0 Å². The first-order valence-corrected chi connectivity index (χ1v) is 6.46. The number of hydrogen-bond donors (Lipinski definition) is 0. The fraction of sp³-hybridized carbons (Fsp3) is 0.625. The maximum Gasteiger partial charge on any atom is -0.0125 e. The van der Waals surface area contributed by atoms with Crippen LogP contribution in [0.4, 0.5) is 0 Å². The van der Waals surface area contributed by atoms with E-state index >= 15 is 0 Å². The minimum atomic E-state index is 0.412. The van der Waals surface area contributed by atoms with Crippen molar-refractivity contribution in [1.29, 1.82) is 0 Å². The van der Waals surface area contributed by atoms with Crippen molar-refractivity contribution in [3.63, 3.8) is 0 Å². The van der Waals surface area contributed by atoms with Gasteiger partial charge in [0.1, 0.15) is 0 Å². The van der Waals surface area contributed by atoms with Crippen molar-refractivity contribution in [2.75, 3.05) is 0 Å². The van der Waals surface area contributed by atoms with Crippen LogP contribution in [0.5, 0.6) is 0 Å². The third-order valence-electron chi connectivity index (χ3n) is 3.74. The van der Waals surface area contributed by atoms with Gasteiger partial charge in [-0.05, 0) is 51.9 Å². The summed E-state index contributed by atoms with van der Waals surface area (Å²) in [6, 6.07) is 0. The molecule has 1 aliphatic rings. The van der Waals surface area contributed by atoms with E-state index in [9.17, 15) is 0 Å². The van der Waals surface area contributed by atoms with Gasteiger partial charge in [0.2, 0.25) is 0 Å². The molecule has 0 saturated carbocycles. The molecule has 0 aromatic rings. The van der Waals surface area contributed by atoms with E-state index in [1.165, 1.54) is 24.8 Å². The maximum absolute atomic E-state index is 2.39. The van der Waals surface area contributed by atoms with Gasteiger partial charge in [0.05, 0.1) is 0 Å². The fourth-order valence-corrected chi connectivity index (χ4v) is 2.72. The zero-order valence-electron chi connectivity index (χ0n) is 11.6. The van der Waals surface area contributed by atoms with E-state index in [4.69, 9.17) is 0 Å². The molecule has 0 unspecified atom stereocenters. The standard InChI is InChI=1S/C16H26/c1-6-8-13(2)10-11-15-14(3)9-7-12-16(15,4)5/h6,8,10H,7,9,11-12H2,1-5H3. The second kappa shape index (κ2) is 5.52. The van der Waals surface area contributed by atoms with Crippen LogP contribution in [0.15, 0.2) is 34.9 Å². The zero-order valence-corrected chi connectivity index (χ0v) is 11.6. The summed E-state index contributed by atoms with van der Waals surface area (Å²) >= 11 is 0. The smallest absolute Gasteiger partial charge is 0.0125 e. The molecule has 0 bridgehead atoms. The second-order valence-corrected chi connectivity index (χ2v) is 5.65. The minimum Gasteiger partial charge on any atom is -0.0874 e. The van der Waals surface area contributed by atoms with Gasteiger partial charge < -0.3 is 0 Å². The Morgan fingerprint density at radius 3 is 2.62 bits per heavy atom. The predicted molar refractivity (Wildman–Crippen MR) is 73.5 cm³/mol.